The number of carbonyl (C=O) groups is 2. The van der Waals surface area contributed by atoms with Crippen LogP contribution in [0.3, 0.4) is 0 Å². The van der Waals surface area contributed by atoms with Gasteiger partial charge in [-0.15, -0.1) is 0 Å². The van der Waals surface area contributed by atoms with Gasteiger partial charge in [0, 0.05) is 5.70 Å². The van der Waals surface area contributed by atoms with E-state index in [1.165, 1.54) is 19.1 Å². The van der Waals surface area contributed by atoms with Crippen LogP contribution in [0.25, 0.3) is 0 Å². The van der Waals surface area contributed by atoms with Crippen LogP contribution in [0.2, 0.25) is 0 Å². The van der Waals surface area contributed by atoms with Gasteiger partial charge in [-0.2, -0.15) is 22.0 Å². The molecule has 6 nitrogen and oxygen atoms in total. The van der Waals surface area contributed by atoms with Crippen LogP contribution in [0.4, 0.5) is 26.7 Å². The zero-order valence-corrected chi connectivity index (χ0v) is 15.5. The maximum absolute atomic E-state index is 13.1. The van der Waals surface area contributed by atoms with Gasteiger partial charge in [0.15, 0.2) is 6.61 Å². The zero-order chi connectivity index (χ0) is 21.8. The number of amides is 2. The summed E-state index contributed by atoms with van der Waals surface area (Å²) in [5, 5.41) is 4.70. The normalized spacial score (nSPS) is 17.5. The summed E-state index contributed by atoms with van der Waals surface area (Å²) in [5.74, 6) is -6.07. The van der Waals surface area contributed by atoms with Gasteiger partial charge in [-0.05, 0) is 31.0 Å². The van der Waals surface area contributed by atoms with Crippen LogP contribution in [0, 0.1) is 0 Å². The predicted molar refractivity (Wildman–Crippen MR) is 91.3 cm³/mol. The Morgan fingerprint density at radius 2 is 1.76 bits per heavy atom. The van der Waals surface area contributed by atoms with Crippen molar-refractivity contribution in [1.29, 1.82) is 0 Å². The Morgan fingerprint density at radius 1 is 1.14 bits per heavy atom. The van der Waals surface area contributed by atoms with E-state index in [0.29, 0.717) is 17.9 Å². The maximum Gasteiger partial charge on any atom is 0.456 e. The molecule has 1 aliphatic rings. The lowest BCUT2D eigenvalue weighted by molar-refractivity contribution is -0.293. The van der Waals surface area contributed by atoms with E-state index < -0.39 is 36.7 Å². The lowest BCUT2D eigenvalue weighted by Gasteiger charge is -2.28. The standard InChI is InChI=1S/C18H19F5N2O4/c1-3-8-28-12-6-4-11(5-7-12)14-13(10(2)24-16(27)25-14)15(26)29-9-17(19,20)18(21,22)23/h4-7,14H,3,8-9H2,1-2H3,(H2,24,25,27). The molecule has 1 heterocycles. The number of ether oxygens (including phenoxy) is 2. The molecule has 1 aliphatic heterocycles. The second-order valence-corrected chi connectivity index (χ2v) is 6.27. The van der Waals surface area contributed by atoms with Crippen LogP contribution in [0.5, 0.6) is 5.75 Å². The largest absolute Gasteiger partial charge is 0.494 e. The Morgan fingerprint density at radius 3 is 2.31 bits per heavy atom. The molecule has 29 heavy (non-hydrogen) atoms. The molecule has 160 valence electrons. The van der Waals surface area contributed by atoms with E-state index >= 15 is 0 Å². The number of halogens is 5. The van der Waals surface area contributed by atoms with E-state index in [0.717, 1.165) is 6.42 Å². The quantitative estimate of drug-likeness (QED) is 0.517. The molecule has 0 bridgehead atoms. The Hall–Kier alpha value is -2.85. The molecular weight excluding hydrogens is 403 g/mol. The number of carbonyl (C=O) groups excluding carboxylic acids is 2. The first-order chi connectivity index (χ1) is 13.5. The third-order valence-corrected chi connectivity index (χ3v) is 3.97. The van der Waals surface area contributed by atoms with Crippen LogP contribution >= 0.6 is 0 Å². The molecule has 0 saturated heterocycles. The molecule has 0 saturated carbocycles. The topological polar surface area (TPSA) is 76.7 Å². The number of allylic oxidation sites excluding steroid dienone is 1. The lowest BCUT2D eigenvalue weighted by Crippen LogP contribution is -2.46. The molecule has 0 radical (unpaired) electrons. The van der Waals surface area contributed by atoms with E-state index in [1.807, 2.05) is 6.92 Å². The number of benzene rings is 1. The van der Waals surface area contributed by atoms with Gasteiger partial charge >= 0.3 is 24.1 Å². The van der Waals surface area contributed by atoms with E-state index in [9.17, 15) is 31.5 Å². The summed E-state index contributed by atoms with van der Waals surface area (Å²) < 4.78 is 72.6. The fourth-order valence-electron chi connectivity index (χ4n) is 2.51. The Balaban J connectivity index is 2.24. The molecular formula is C18H19F5N2O4. The first-order valence-electron chi connectivity index (χ1n) is 8.59. The summed E-state index contributed by atoms with van der Waals surface area (Å²) in [4.78, 5) is 24.1. The lowest BCUT2D eigenvalue weighted by atomic mass is 9.95. The highest BCUT2D eigenvalue weighted by Crippen LogP contribution is 2.36. The number of nitrogens with one attached hydrogen (secondary N) is 2. The summed E-state index contributed by atoms with van der Waals surface area (Å²) in [6, 6.07) is 4.45. The average Bonchev–Trinajstić information content (AvgIpc) is 2.63. The van der Waals surface area contributed by atoms with Gasteiger partial charge in [-0.25, -0.2) is 9.59 Å². The minimum Gasteiger partial charge on any atom is -0.494 e. The molecule has 2 amide bonds. The average molecular weight is 422 g/mol. The van der Waals surface area contributed by atoms with E-state index in [2.05, 4.69) is 15.4 Å². The van der Waals surface area contributed by atoms with Crippen molar-refractivity contribution in [2.75, 3.05) is 13.2 Å². The fourth-order valence-corrected chi connectivity index (χ4v) is 2.51. The maximum atomic E-state index is 13.1. The Kier molecular flexibility index (Phi) is 6.70. The zero-order valence-electron chi connectivity index (χ0n) is 15.5. The highest BCUT2D eigenvalue weighted by molar-refractivity contribution is 5.95. The fraction of sp³-hybridized carbons (Fsp3) is 0.444. The summed E-state index contributed by atoms with van der Waals surface area (Å²) in [5.41, 5.74) is 0.0766. The van der Waals surface area contributed by atoms with Crippen LogP contribution in [0.15, 0.2) is 35.5 Å². The molecule has 1 aromatic rings. The second-order valence-electron chi connectivity index (χ2n) is 6.27. The van der Waals surface area contributed by atoms with Crippen LogP contribution in [-0.4, -0.2) is 37.3 Å². The highest BCUT2D eigenvalue weighted by atomic mass is 19.4. The minimum absolute atomic E-state index is 0.0228. The third kappa shape index (κ3) is 5.36. The smallest absolute Gasteiger partial charge is 0.456 e. The monoisotopic (exact) mass is 422 g/mol. The molecule has 0 fully saturated rings. The number of urea groups is 1. The van der Waals surface area contributed by atoms with Crippen molar-refractivity contribution in [3.05, 3.63) is 41.1 Å². The predicted octanol–water partition coefficient (Wildman–Crippen LogP) is 3.84. The van der Waals surface area contributed by atoms with Crippen molar-refractivity contribution in [3.8, 4) is 5.75 Å². The van der Waals surface area contributed by atoms with E-state index in [-0.39, 0.29) is 11.3 Å². The Bertz CT molecular complexity index is 790. The van der Waals surface area contributed by atoms with Gasteiger partial charge in [-0.3, -0.25) is 0 Å². The minimum atomic E-state index is -5.86. The number of hydrogen-bond acceptors (Lipinski definition) is 4. The van der Waals surface area contributed by atoms with Crippen LogP contribution < -0.4 is 15.4 Å². The first kappa shape index (κ1) is 22.4. The summed E-state index contributed by atoms with van der Waals surface area (Å²) in [7, 11) is 0. The van der Waals surface area contributed by atoms with Crippen LogP contribution in [0.1, 0.15) is 31.9 Å². The molecule has 1 atom stereocenters. The molecule has 0 aromatic heterocycles. The summed E-state index contributed by atoms with van der Waals surface area (Å²) in [6.07, 6.45) is -5.07. The van der Waals surface area contributed by atoms with Crippen molar-refractivity contribution < 1.29 is 41.0 Å². The molecule has 1 aromatic carbocycles. The van der Waals surface area contributed by atoms with Gasteiger partial charge < -0.3 is 20.1 Å². The van der Waals surface area contributed by atoms with Crippen molar-refractivity contribution in [3.63, 3.8) is 0 Å². The molecule has 1 unspecified atom stereocenters. The molecule has 2 rings (SSSR count). The number of hydrogen-bond donors (Lipinski definition) is 2. The van der Waals surface area contributed by atoms with E-state index in [1.54, 1.807) is 12.1 Å². The summed E-state index contributed by atoms with van der Waals surface area (Å²) in [6.45, 7) is 1.54. The molecule has 2 N–H and O–H groups in total. The summed E-state index contributed by atoms with van der Waals surface area (Å²) >= 11 is 0. The van der Waals surface area contributed by atoms with Gasteiger partial charge in [0.05, 0.1) is 18.2 Å². The van der Waals surface area contributed by atoms with Crippen molar-refractivity contribution in [1.82, 2.24) is 10.6 Å². The third-order valence-electron chi connectivity index (χ3n) is 3.97. The molecule has 0 spiro atoms. The van der Waals surface area contributed by atoms with Gasteiger partial charge in [0.1, 0.15) is 5.75 Å². The first-order valence-corrected chi connectivity index (χ1v) is 8.59. The Labute approximate surface area is 163 Å². The van der Waals surface area contributed by atoms with Gasteiger partial charge in [0.2, 0.25) is 0 Å². The molecule has 0 aliphatic carbocycles. The SMILES string of the molecule is CCCOc1ccc(C2NC(=O)NC(C)=C2C(=O)OCC(F)(F)C(F)(F)F)cc1. The van der Waals surface area contributed by atoms with Crippen molar-refractivity contribution in [2.45, 2.75) is 38.4 Å². The molecule has 11 heteroatoms. The van der Waals surface area contributed by atoms with Crippen molar-refractivity contribution >= 4 is 12.0 Å². The number of alkyl halides is 5. The highest BCUT2D eigenvalue weighted by Gasteiger charge is 2.58. The van der Waals surface area contributed by atoms with Gasteiger partial charge in [0.25, 0.3) is 0 Å². The second kappa shape index (κ2) is 8.66. The number of rotatable bonds is 7. The number of esters is 1. The van der Waals surface area contributed by atoms with Crippen LogP contribution in [-0.2, 0) is 9.53 Å². The van der Waals surface area contributed by atoms with Crippen molar-refractivity contribution in [2.24, 2.45) is 0 Å². The van der Waals surface area contributed by atoms with Gasteiger partial charge in [-0.1, -0.05) is 19.1 Å². The van der Waals surface area contributed by atoms with E-state index in [4.69, 9.17) is 4.74 Å².